The minimum atomic E-state index is -3.81. The molecule has 10 heteroatoms. The summed E-state index contributed by atoms with van der Waals surface area (Å²) < 4.78 is 33.7. The van der Waals surface area contributed by atoms with E-state index in [0.717, 1.165) is 0 Å². The Morgan fingerprint density at radius 2 is 1.93 bits per heavy atom. The molecule has 2 aromatic heterocycles. The lowest BCUT2D eigenvalue weighted by atomic mass is 10.2. The Kier molecular flexibility index (Phi) is 5.38. The molecule has 3 aromatic rings. The Labute approximate surface area is 155 Å². The van der Waals surface area contributed by atoms with Crippen LogP contribution in [0, 0.1) is 0 Å². The number of sulfonamides is 1. The maximum atomic E-state index is 12.4. The number of amides is 1. The van der Waals surface area contributed by atoms with E-state index in [0.29, 0.717) is 17.6 Å². The number of nitrogens with zero attached hydrogens (tertiary/aromatic N) is 2. The van der Waals surface area contributed by atoms with Gasteiger partial charge in [0, 0.05) is 43.7 Å². The molecule has 27 heavy (non-hydrogen) atoms. The smallest absolute Gasteiger partial charge is 0.408 e. The second kappa shape index (κ2) is 7.72. The summed E-state index contributed by atoms with van der Waals surface area (Å²) in [6.07, 6.45) is 3.00. The van der Waals surface area contributed by atoms with Gasteiger partial charge < -0.3 is 9.73 Å². The van der Waals surface area contributed by atoms with E-state index in [-0.39, 0.29) is 29.5 Å². The topological polar surface area (TPSA) is 123 Å². The fourth-order valence-corrected chi connectivity index (χ4v) is 3.61. The van der Waals surface area contributed by atoms with Crippen LogP contribution in [-0.2, 0) is 16.6 Å². The van der Waals surface area contributed by atoms with E-state index in [4.69, 9.17) is 4.42 Å². The van der Waals surface area contributed by atoms with Gasteiger partial charge in [-0.25, -0.2) is 17.9 Å². The summed E-state index contributed by atoms with van der Waals surface area (Å²) in [5, 5.41) is 2.61. The zero-order valence-electron chi connectivity index (χ0n) is 14.5. The lowest BCUT2D eigenvalue weighted by molar-refractivity contribution is 0.0954. The number of aryl methyl sites for hydroxylation is 1. The lowest BCUT2D eigenvalue weighted by Crippen LogP contribution is -2.34. The van der Waals surface area contributed by atoms with Crippen LogP contribution < -0.4 is 15.8 Å². The van der Waals surface area contributed by atoms with Crippen molar-refractivity contribution in [2.75, 3.05) is 13.1 Å². The van der Waals surface area contributed by atoms with Crippen molar-refractivity contribution in [3.05, 3.63) is 58.8 Å². The van der Waals surface area contributed by atoms with Crippen molar-refractivity contribution in [2.24, 2.45) is 0 Å². The molecule has 0 aliphatic heterocycles. The summed E-state index contributed by atoms with van der Waals surface area (Å²) in [4.78, 5) is 27.4. The van der Waals surface area contributed by atoms with Crippen molar-refractivity contribution in [1.29, 1.82) is 0 Å². The first kappa shape index (κ1) is 18.8. The number of aromatic nitrogens is 2. The molecule has 0 radical (unpaired) electrons. The zero-order valence-corrected chi connectivity index (χ0v) is 15.3. The van der Waals surface area contributed by atoms with Crippen molar-refractivity contribution in [1.82, 2.24) is 19.6 Å². The maximum absolute atomic E-state index is 12.4. The molecular formula is C17H18N4O5S. The molecule has 2 heterocycles. The number of rotatable bonds is 7. The van der Waals surface area contributed by atoms with Crippen molar-refractivity contribution < 1.29 is 17.6 Å². The highest BCUT2D eigenvalue weighted by molar-refractivity contribution is 7.89. The van der Waals surface area contributed by atoms with Crippen LogP contribution in [0.2, 0.25) is 0 Å². The third-order valence-corrected chi connectivity index (χ3v) is 5.37. The standard InChI is InChI=1S/C17H18N4O5S/c1-2-21-14-4-3-13(11-15(14)26-17(21)23)27(24,25)20-10-9-19-16(22)12-5-7-18-8-6-12/h3-8,11,20H,2,9-10H2,1H3,(H,19,22). The lowest BCUT2D eigenvalue weighted by Gasteiger charge is -2.08. The number of carbonyl (C=O) groups is 1. The van der Waals surface area contributed by atoms with E-state index in [1.165, 1.54) is 35.2 Å². The Bertz CT molecular complexity index is 1120. The van der Waals surface area contributed by atoms with Crippen LogP contribution in [0.4, 0.5) is 0 Å². The van der Waals surface area contributed by atoms with Gasteiger partial charge in [-0.3, -0.25) is 14.3 Å². The van der Waals surface area contributed by atoms with Crippen LogP contribution in [0.1, 0.15) is 17.3 Å². The summed E-state index contributed by atoms with van der Waals surface area (Å²) in [6.45, 7) is 2.34. The minimum absolute atomic E-state index is 0.0110. The van der Waals surface area contributed by atoms with Crippen molar-refractivity contribution in [3.8, 4) is 0 Å². The van der Waals surface area contributed by atoms with E-state index in [1.54, 1.807) is 19.1 Å². The van der Waals surface area contributed by atoms with Crippen molar-refractivity contribution >= 4 is 27.0 Å². The van der Waals surface area contributed by atoms with Crippen LogP contribution in [0.15, 0.2) is 56.8 Å². The SMILES string of the molecule is CCn1c(=O)oc2cc(S(=O)(=O)NCCNC(=O)c3ccncc3)ccc21. The van der Waals surface area contributed by atoms with Gasteiger partial charge in [-0.15, -0.1) is 0 Å². The number of nitrogens with one attached hydrogen (secondary N) is 2. The largest absolute Gasteiger partial charge is 0.419 e. The molecular weight excluding hydrogens is 372 g/mol. The molecule has 0 fully saturated rings. The first-order valence-corrected chi connectivity index (χ1v) is 9.72. The quantitative estimate of drug-likeness (QED) is 0.573. The molecule has 0 saturated carbocycles. The Balaban J connectivity index is 1.64. The summed E-state index contributed by atoms with van der Waals surface area (Å²) in [5.74, 6) is -0.852. The van der Waals surface area contributed by atoms with Gasteiger partial charge in [0.15, 0.2) is 5.58 Å². The fraction of sp³-hybridized carbons (Fsp3) is 0.235. The monoisotopic (exact) mass is 390 g/mol. The van der Waals surface area contributed by atoms with Crippen molar-refractivity contribution in [2.45, 2.75) is 18.4 Å². The molecule has 3 rings (SSSR count). The molecule has 0 bridgehead atoms. The predicted molar refractivity (Wildman–Crippen MR) is 97.9 cm³/mol. The van der Waals surface area contributed by atoms with Gasteiger partial charge in [-0.1, -0.05) is 0 Å². The maximum Gasteiger partial charge on any atom is 0.419 e. The number of hydrogen-bond acceptors (Lipinski definition) is 6. The van der Waals surface area contributed by atoms with Crippen molar-refractivity contribution in [3.63, 3.8) is 0 Å². The van der Waals surface area contributed by atoms with Gasteiger partial charge in [0.2, 0.25) is 10.0 Å². The summed E-state index contributed by atoms with van der Waals surface area (Å²) in [6, 6.07) is 7.36. The molecule has 1 amide bonds. The average Bonchev–Trinajstić information content (AvgIpc) is 2.99. The summed E-state index contributed by atoms with van der Waals surface area (Å²) >= 11 is 0. The second-order valence-electron chi connectivity index (χ2n) is 5.63. The second-order valence-corrected chi connectivity index (χ2v) is 7.40. The normalized spacial score (nSPS) is 11.6. The first-order valence-electron chi connectivity index (χ1n) is 8.23. The number of carbonyl (C=O) groups excluding carboxylic acids is 1. The highest BCUT2D eigenvalue weighted by Gasteiger charge is 2.17. The van der Waals surface area contributed by atoms with E-state index in [1.807, 2.05) is 0 Å². The number of pyridine rings is 1. The molecule has 0 spiro atoms. The number of benzene rings is 1. The molecule has 0 aliphatic carbocycles. The fourth-order valence-electron chi connectivity index (χ4n) is 2.56. The van der Waals surface area contributed by atoms with Gasteiger partial charge in [0.25, 0.3) is 5.91 Å². The van der Waals surface area contributed by atoms with Crippen LogP contribution in [0.3, 0.4) is 0 Å². The Hall–Kier alpha value is -2.98. The zero-order chi connectivity index (χ0) is 19.4. The first-order chi connectivity index (χ1) is 12.9. The van der Waals surface area contributed by atoms with Crippen LogP contribution in [0.5, 0.6) is 0 Å². The molecule has 142 valence electrons. The number of fused-ring (bicyclic) bond motifs is 1. The highest BCUT2D eigenvalue weighted by atomic mass is 32.2. The van der Waals surface area contributed by atoms with Gasteiger partial charge in [-0.05, 0) is 31.2 Å². The summed E-state index contributed by atoms with van der Waals surface area (Å²) in [5.41, 5.74) is 1.18. The van der Waals surface area contributed by atoms with Crippen LogP contribution in [0.25, 0.3) is 11.1 Å². The Morgan fingerprint density at radius 3 is 2.63 bits per heavy atom. The summed E-state index contributed by atoms with van der Waals surface area (Å²) in [7, 11) is -3.81. The van der Waals surface area contributed by atoms with Crippen LogP contribution in [-0.4, -0.2) is 37.0 Å². The van der Waals surface area contributed by atoms with E-state index in [9.17, 15) is 18.0 Å². The van der Waals surface area contributed by atoms with Gasteiger partial charge >= 0.3 is 5.76 Å². The van der Waals surface area contributed by atoms with Crippen LogP contribution >= 0.6 is 0 Å². The molecule has 0 saturated heterocycles. The highest BCUT2D eigenvalue weighted by Crippen LogP contribution is 2.18. The van der Waals surface area contributed by atoms with E-state index < -0.39 is 15.8 Å². The molecule has 0 aliphatic rings. The van der Waals surface area contributed by atoms with Gasteiger partial charge in [0.05, 0.1) is 10.4 Å². The van der Waals surface area contributed by atoms with Gasteiger partial charge in [0.1, 0.15) is 0 Å². The third kappa shape index (κ3) is 4.07. The van der Waals surface area contributed by atoms with E-state index in [2.05, 4.69) is 15.0 Å². The number of oxazole rings is 1. The molecule has 9 nitrogen and oxygen atoms in total. The van der Waals surface area contributed by atoms with E-state index >= 15 is 0 Å². The van der Waals surface area contributed by atoms with Gasteiger partial charge in [-0.2, -0.15) is 0 Å². The molecule has 2 N–H and O–H groups in total. The third-order valence-electron chi connectivity index (χ3n) is 3.91. The minimum Gasteiger partial charge on any atom is -0.408 e. The molecule has 0 atom stereocenters. The molecule has 1 aromatic carbocycles. The number of hydrogen-bond donors (Lipinski definition) is 2. The Morgan fingerprint density at radius 1 is 1.19 bits per heavy atom. The average molecular weight is 390 g/mol. The molecule has 0 unspecified atom stereocenters. The predicted octanol–water partition coefficient (Wildman–Crippen LogP) is 0.718.